The highest BCUT2D eigenvalue weighted by Gasteiger charge is 2.17. The summed E-state index contributed by atoms with van der Waals surface area (Å²) in [5.41, 5.74) is 0.400. The van der Waals surface area contributed by atoms with Crippen molar-refractivity contribution in [1.29, 1.82) is 5.26 Å². The van der Waals surface area contributed by atoms with E-state index in [9.17, 15) is 12.6 Å². The van der Waals surface area contributed by atoms with E-state index in [-0.39, 0.29) is 10.6 Å². The van der Waals surface area contributed by atoms with Crippen LogP contribution in [-0.4, -0.2) is 30.7 Å². The molecule has 18 heavy (non-hydrogen) atoms. The molecule has 0 aromatic heterocycles. The second kappa shape index (κ2) is 6.09. The summed E-state index contributed by atoms with van der Waals surface area (Å²) in [5.74, 6) is 0.259. The lowest BCUT2D eigenvalue weighted by molar-refractivity contribution is 0.570. The molecule has 1 aromatic carbocycles. The molecule has 0 heterocycles. The third-order valence-electron chi connectivity index (χ3n) is 2.13. The Kier molecular flexibility index (Phi) is 5.02. The van der Waals surface area contributed by atoms with Crippen molar-refractivity contribution in [3.63, 3.8) is 0 Å². The van der Waals surface area contributed by atoms with E-state index in [2.05, 4.69) is 4.72 Å². The maximum atomic E-state index is 11.9. The van der Waals surface area contributed by atoms with Gasteiger partial charge in [0.25, 0.3) is 0 Å². The molecular formula is C11H14N2O3S2. The lowest BCUT2D eigenvalue weighted by Crippen LogP contribution is -2.36. The van der Waals surface area contributed by atoms with E-state index in [1.807, 2.05) is 6.07 Å². The van der Waals surface area contributed by atoms with Crippen LogP contribution in [0.3, 0.4) is 0 Å². The van der Waals surface area contributed by atoms with E-state index in [1.165, 1.54) is 30.5 Å². The average Bonchev–Trinajstić information content (AvgIpc) is 2.27. The smallest absolute Gasteiger partial charge is 0.240 e. The Bertz CT molecular complexity index is 573. The van der Waals surface area contributed by atoms with E-state index >= 15 is 0 Å². The molecule has 0 saturated heterocycles. The normalized spacial score (nSPS) is 14.7. The minimum atomic E-state index is -3.62. The topological polar surface area (TPSA) is 87.0 Å². The van der Waals surface area contributed by atoms with Crippen molar-refractivity contribution in [1.82, 2.24) is 4.72 Å². The van der Waals surface area contributed by atoms with E-state index in [0.29, 0.717) is 5.56 Å². The lowest BCUT2D eigenvalue weighted by atomic mass is 10.2. The van der Waals surface area contributed by atoms with Crippen LogP contribution in [-0.2, 0) is 20.8 Å². The fourth-order valence-electron chi connectivity index (χ4n) is 1.43. The SMILES string of the molecule is CC(CS(C)=O)NS(=O)(=O)c1ccc(C#N)cc1. The quantitative estimate of drug-likeness (QED) is 0.859. The van der Waals surface area contributed by atoms with Crippen LogP contribution in [0.25, 0.3) is 0 Å². The number of sulfonamides is 1. The second-order valence-corrected chi connectivity index (χ2v) is 7.09. The molecule has 0 radical (unpaired) electrons. The van der Waals surface area contributed by atoms with Gasteiger partial charge in [0.1, 0.15) is 0 Å². The van der Waals surface area contributed by atoms with Gasteiger partial charge in [-0.3, -0.25) is 4.21 Å². The first-order valence-electron chi connectivity index (χ1n) is 5.17. The van der Waals surface area contributed by atoms with Crippen molar-refractivity contribution in [3.05, 3.63) is 29.8 Å². The highest BCUT2D eigenvalue weighted by Crippen LogP contribution is 2.10. The van der Waals surface area contributed by atoms with Crippen molar-refractivity contribution in [2.75, 3.05) is 12.0 Å². The Morgan fingerprint density at radius 3 is 2.39 bits per heavy atom. The summed E-state index contributed by atoms with van der Waals surface area (Å²) in [6, 6.07) is 7.14. The Morgan fingerprint density at radius 2 is 1.94 bits per heavy atom. The van der Waals surface area contributed by atoms with Gasteiger partial charge in [0.15, 0.2) is 0 Å². The monoisotopic (exact) mass is 286 g/mol. The first-order valence-corrected chi connectivity index (χ1v) is 8.38. The molecule has 7 heteroatoms. The van der Waals surface area contributed by atoms with Gasteiger partial charge in [-0.25, -0.2) is 13.1 Å². The van der Waals surface area contributed by atoms with Gasteiger partial charge in [-0.15, -0.1) is 0 Å². The predicted molar refractivity (Wildman–Crippen MR) is 69.9 cm³/mol. The van der Waals surface area contributed by atoms with Crippen molar-refractivity contribution >= 4 is 20.8 Å². The van der Waals surface area contributed by atoms with Crippen LogP contribution in [0, 0.1) is 11.3 Å². The average molecular weight is 286 g/mol. The molecule has 0 fully saturated rings. The van der Waals surface area contributed by atoms with Gasteiger partial charge < -0.3 is 0 Å². The fourth-order valence-corrected chi connectivity index (χ4v) is 3.56. The maximum Gasteiger partial charge on any atom is 0.240 e. The number of nitrogens with zero attached hydrogens (tertiary/aromatic N) is 1. The molecule has 0 saturated carbocycles. The number of benzene rings is 1. The van der Waals surface area contributed by atoms with Gasteiger partial charge in [0, 0.05) is 28.9 Å². The number of nitrogens with one attached hydrogen (secondary N) is 1. The number of rotatable bonds is 5. The van der Waals surface area contributed by atoms with Crippen LogP contribution in [0.5, 0.6) is 0 Å². The van der Waals surface area contributed by atoms with Crippen LogP contribution in [0.4, 0.5) is 0 Å². The highest BCUT2D eigenvalue weighted by molar-refractivity contribution is 7.89. The van der Waals surface area contributed by atoms with Crippen molar-refractivity contribution in [3.8, 4) is 6.07 Å². The van der Waals surface area contributed by atoms with E-state index in [4.69, 9.17) is 5.26 Å². The summed E-state index contributed by atoms with van der Waals surface area (Å²) in [7, 11) is -4.69. The van der Waals surface area contributed by atoms with Crippen molar-refractivity contribution in [2.24, 2.45) is 0 Å². The molecule has 0 aliphatic heterocycles. The second-order valence-electron chi connectivity index (χ2n) is 3.90. The van der Waals surface area contributed by atoms with Gasteiger partial charge in [0.05, 0.1) is 16.5 Å². The third-order valence-corrected chi connectivity index (χ3v) is 4.71. The van der Waals surface area contributed by atoms with Crippen molar-refractivity contribution in [2.45, 2.75) is 17.9 Å². The first kappa shape index (κ1) is 14.8. The number of hydrogen-bond donors (Lipinski definition) is 1. The van der Waals surface area contributed by atoms with Gasteiger partial charge in [-0.05, 0) is 31.2 Å². The summed E-state index contributed by atoms with van der Waals surface area (Å²) in [6.45, 7) is 1.66. The Morgan fingerprint density at radius 1 is 1.39 bits per heavy atom. The summed E-state index contributed by atoms with van der Waals surface area (Å²) in [4.78, 5) is 0.0928. The van der Waals surface area contributed by atoms with Gasteiger partial charge in [-0.1, -0.05) is 0 Å². The molecule has 1 rings (SSSR count). The minimum Gasteiger partial charge on any atom is -0.260 e. The molecule has 0 aliphatic rings. The van der Waals surface area contributed by atoms with Gasteiger partial charge in [-0.2, -0.15) is 5.26 Å². The van der Waals surface area contributed by atoms with Crippen LogP contribution >= 0.6 is 0 Å². The molecule has 5 nitrogen and oxygen atoms in total. The summed E-state index contributed by atoms with van der Waals surface area (Å²) < 4.78 is 37.3. The van der Waals surface area contributed by atoms with Gasteiger partial charge in [0.2, 0.25) is 10.0 Å². The van der Waals surface area contributed by atoms with Crippen LogP contribution in [0.2, 0.25) is 0 Å². The Balaban J connectivity index is 2.86. The summed E-state index contributed by atoms with van der Waals surface area (Å²) in [6.07, 6.45) is 1.52. The third kappa shape index (κ3) is 4.22. The van der Waals surface area contributed by atoms with Crippen LogP contribution < -0.4 is 4.72 Å². The zero-order chi connectivity index (χ0) is 13.8. The Hall–Kier alpha value is -1.23. The standard InChI is InChI=1S/C11H14N2O3S2/c1-9(8-17(2)14)13-18(15,16)11-5-3-10(7-12)4-6-11/h3-6,9,13H,8H2,1-2H3. The molecule has 1 N–H and O–H groups in total. The zero-order valence-electron chi connectivity index (χ0n) is 10.1. The minimum absolute atomic E-state index is 0.0928. The van der Waals surface area contributed by atoms with E-state index < -0.39 is 26.9 Å². The molecule has 1 aromatic rings. The predicted octanol–water partition coefficient (Wildman–Crippen LogP) is 0.604. The lowest BCUT2D eigenvalue weighted by Gasteiger charge is -2.12. The molecule has 98 valence electrons. The molecule has 0 aliphatic carbocycles. The first-order chi connectivity index (χ1) is 8.35. The van der Waals surface area contributed by atoms with E-state index in [1.54, 1.807) is 6.92 Å². The van der Waals surface area contributed by atoms with Crippen LogP contribution in [0.1, 0.15) is 12.5 Å². The summed E-state index contributed by atoms with van der Waals surface area (Å²) >= 11 is 0. The van der Waals surface area contributed by atoms with Crippen molar-refractivity contribution < 1.29 is 12.6 Å². The number of nitriles is 1. The van der Waals surface area contributed by atoms with Gasteiger partial charge >= 0.3 is 0 Å². The Labute approximate surface area is 109 Å². The molecule has 2 unspecified atom stereocenters. The molecule has 0 amide bonds. The maximum absolute atomic E-state index is 11.9. The molecule has 2 atom stereocenters. The number of hydrogen-bond acceptors (Lipinski definition) is 4. The fraction of sp³-hybridized carbons (Fsp3) is 0.364. The zero-order valence-corrected chi connectivity index (χ0v) is 11.7. The molecule has 0 bridgehead atoms. The summed E-state index contributed by atoms with van der Waals surface area (Å²) in [5, 5.41) is 8.63. The van der Waals surface area contributed by atoms with Crippen LogP contribution in [0.15, 0.2) is 29.2 Å². The highest BCUT2D eigenvalue weighted by atomic mass is 32.2. The molecular weight excluding hydrogens is 272 g/mol. The molecule has 0 spiro atoms. The van der Waals surface area contributed by atoms with E-state index in [0.717, 1.165) is 0 Å². The largest absolute Gasteiger partial charge is 0.260 e.